The van der Waals surface area contributed by atoms with Gasteiger partial charge in [0.1, 0.15) is 23.2 Å². The first kappa shape index (κ1) is 22.3. The molecule has 0 aromatic carbocycles. The van der Waals surface area contributed by atoms with E-state index in [4.69, 9.17) is 24.5 Å². The van der Waals surface area contributed by atoms with E-state index in [1.165, 1.54) is 6.33 Å². The molecular weight excluding hydrogens is 410 g/mol. The zero-order chi connectivity index (χ0) is 22.2. The second-order valence-corrected chi connectivity index (χ2v) is 7.34. The summed E-state index contributed by atoms with van der Waals surface area (Å²) in [4.78, 5) is 20.4. The highest BCUT2D eigenvalue weighted by molar-refractivity contribution is 5.90. The van der Waals surface area contributed by atoms with Crippen molar-refractivity contribution in [1.82, 2.24) is 35.0 Å². The molecule has 1 fully saturated rings. The number of nitrogens with one attached hydrogen (secondary N) is 2. The van der Waals surface area contributed by atoms with Gasteiger partial charge < -0.3 is 25.0 Å². The van der Waals surface area contributed by atoms with Gasteiger partial charge in [0.15, 0.2) is 5.82 Å². The predicted octanol–water partition coefficient (Wildman–Crippen LogP) is 1.39. The zero-order valence-electron chi connectivity index (χ0n) is 18.8. The summed E-state index contributed by atoms with van der Waals surface area (Å²) in [7, 11) is 0. The number of hydrogen-bond acceptors (Lipinski definition) is 10. The molecule has 0 spiro atoms. The summed E-state index contributed by atoms with van der Waals surface area (Å²) in [5.41, 5.74) is 2.57. The number of hydrogen-bond donors (Lipinski definition) is 2. The molecule has 1 saturated heterocycles. The lowest BCUT2D eigenvalue weighted by molar-refractivity contribution is 0.136. The number of ether oxygens (including phenoxy) is 2. The van der Waals surface area contributed by atoms with Gasteiger partial charge in [0, 0.05) is 52.0 Å². The van der Waals surface area contributed by atoms with E-state index in [2.05, 4.69) is 25.5 Å². The summed E-state index contributed by atoms with van der Waals surface area (Å²) in [5, 5.41) is 11.6. The summed E-state index contributed by atoms with van der Waals surface area (Å²) in [6.45, 7) is 10.6. The van der Waals surface area contributed by atoms with Crippen LogP contribution in [0.5, 0.6) is 0 Å². The SMILES string of the molecule is CCOCCc1nn(CCOCC)c2c(Nc3ccncn3)nc(N3CCNCC3)nc12. The van der Waals surface area contributed by atoms with Crippen molar-refractivity contribution < 1.29 is 9.47 Å². The molecule has 3 aromatic heterocycles. The van der Waals surface area contributed by atoms with E-state index >= 15 is 0 Å². The van der Waals surface area contributed by atoms with Gasteiger partial charge in [-0.25, -0.2) is 15.0 Å². The molecule has 0 saturated carbocycles. The first-order valence-corrected chi connectivity index (χ1v) is 11.2. The number of fused-ring (bicyclic) bond motifs is 1. The Labute approximate surface area is 187 Å². The number of nitrogens with zero attached hydrogens (tertiary/aromatic N) is 7. The minimum atomic E-state index is 0.560. The van der Waals surface area contributed by atoms with Crippen LogP contribution in [-0.2, 0) is 22.4 Å². The van der Waals surface area contributed by atoms with Gasteiger partial charge >= 0.3 is 0 Å². The maximum atomic E-state index is 5.60. The van der Waals surface area contributed by atoms with Gasteiger partial charge in [0.05, 0.1) is 25.5 Å². The molecule has 0 amide bonds. The van der Waals surface area contributed by atoms with Crippen molar-refractivity contribution in [3.63, 3.8) is 0 Å². The molecule has 11 heteroatoms. The van der Waals surface area contributed by atoms with E-state index in [9.17, 15) is 0 Å². The van der Waals surface area contributed by atoms with Gasteiger partial charge in [-0.2, -0.15) is 10.1 Å². The molecule has 32 heavy (non-hydrogen) atoms. The number of anilines is 3. The molecule has 11 nitrogen and oxygen atoms in total. The van der Waals surface area contributed by atoms with Gasteiger partial charge in [-0.3, -0.25) is 4.68 Å². The van der Waals surface area contributed by atoms with Gasteiger partial charge in [0.25, 0.3) is 0 Å². The Morgan fingerprint density at radius 3 is 2.66 bits per heavy atom. The molecule has 1 aliphatic rings. The van der Waals surface area contributed by atoms with Crippen LogP contribution in [0.1, 0.15) is 19.5 Å². The summed E-state index contributed by atoms with van der Waals surface area (Å²) in [6.07, 6.45) is 3.89. The Bertz CT molecular complexity index is 990. The van der Waals surface area contributed by atoms with E-state index in [1.807, 2.05) is 24.6 Å². The van der Waals surface area contributed by atoms with Crippen LogP contribution in [0.25, 0.3) is 11.0 Å². The van der Waals surface area contributed by atoms with Crippen molar-refractivity contribution in [2.24, 2.45) is 0 Å². The number of piperazine rings is 1. The lowest BCUT2D eigenvalue weighted by Gasteiger charge is -2.27. The van der Waals surface area contributed by atoms with Crippen molar-refractivity contribution >= 4 is 28.6 Å². The molecule has 0 aliphatic carbocycles. The molecule has 172 valence electrons. The first-order valence-electron chi connectivity index (χ1n) is 11.2. The van der Waals surface area contributed by atoms with Crippen LogP contribution in [0.3, 0.4) is 0 Å². The van der Waals surface area contributed by atoms with Gasteiger partial charge in [0.2, 0.25) is 5.95 Å². The molecule has 1 aliphatic heterocycles. The molecule has 4 heterocycles. The highest BCUT2D eigenvalue weighted by Gasteiger charge is 2.22. The molecule has 0 atom stereocenters. The fraction of sp³-hybridized carbons (Fsp3) is 0.571. The molecule has 4 rings (SSSR count). The third-order valence-corrected chi connectivity index (χ3v) is 5.21. The number of rotatable bonds is 11. The predicted molar refractivity (Wildman–Crippen MR) is 122 cm³/mol. The summed E-state index contributed by atoms with van der Waals surface area (Å²) in [5.74, 6) is 2.03. The van der Waals surface area contributed by atoms with Crippen molar-refractivity contribution in [2.45, 2.75) is 26.8 Å². The first-order chi connectivity index (χ1) is 15.8. The Morgan fingerprint density at radius 1 is 1.09 bits per heavy atom. The van der Waals surface area contributed by atoms with Crippen LogP contribution < -0.4 is 15.5 Å². The summed E-state index contributed by atoms with van der Waals surface area (Å²) >= 11 is 0. The largest absolute Gasteiger partial charge is 0.381 e. The lowest BCUT2D eigenvalue weighted by atomic mass is 10.2. The average molecular weight is 442 g/mol. The van der Waals surface area contributed by atoms with Crippen LogP contribution in [-0.4, -0.2) is 82.3 Å². The minimum Gasteiger partial charge on any atom is -0.381 e. The quantitative estimate of drug-likeness (QED) is 0.423. The van der Waals surface area contributed by atoms with Crippen LogP contribution in [0.4, 0.5) is 17.6 Å². The van der Waals surface area contributed by atoms with Crippen molar-refractivity contribution in [1.29, 1.82) is 0 Å². The van der Waals surface area contributed by atoms with Crippen LogP contribution in [0.2, 0.25) is 0 Å². The Kier molecular flexibility index (Phi) is 7.75. The molecule has 3 aromatic rings. The summed E-state index contributed by atoms with van der Waals surface area (Å²) in [6, 6.07) is 1.81. The maximum Gasteiger partial charge on any atom is 0.228 e. The molecule has 2 N–H and O–H groups in total. The Hall–Kier alpha value is -2.89. The van der Waals surface area contributed by atoms with Crippen LogP contribution in [0.15, 0.2) is 18.6 Å². The highest BCUT2D eigenvalue weighted by atomic mass is 16.5. The topological polar surface area (TPSA) is 115 Å². The third-order valence-electron chi connectivity index (χ3n) is 5.21. The maximum absolute atomic E-state index is 5.60. The van der Waals surface area contributed by atoms with Crippen LogP contribution >= 0.6 is 0 Å². The van der Waals surface area contributed by atoms with Crippen LogP contribution in [0, 0.1) is 0 Å². The van der Waals surface area contributed by atoms with Gasteiger partial charge in [-0.05, 0) is 19.9 Å². The Balaban J connectivity index is 1.79. The molecule has 0 unspecified atom stereocenters. The van der Waals surface area contributed by atoms with Gasteiger partial charge in [-0.1, -0.05) is 0 Å². The van der Waals surface area contributed by atoms with Gasteiger partial charge in [-0.15, -0.1) is 0 Å². The second-order valence-electron chi connectivity index (χ2n) is 7.34. The monoisotopic (exact) mass is 441 g/mol. The zero-order valence-corrected chi connectivity index (χ0v) is 18.8. The van der Waals surface area contributed by atoms with Crippen molar-refractivity contribution in [3.05, 3.63) is 24.3 Å². The molecule has 0 bridgehead atoms. The van der Waals surface area contributed by atoms with Crippen molar-refractivity contribution in [2.75, 3.05) is 62.8 Å². The summed E-state index contributed by atoms with van der Waals surface area (Å²) < 4.78 is 13.1. The van der Waals surface area contributed by atoms with E-state index in [-0.39, 0.29) is 0 Å². The fourth-order valence-electron chi connectivity index (χ4n) is 3.65. The highest BCUT2D eigenvalue weighted by Crippen LogP contribution is 2.28. The second kappa shape index (κ2) is 11.1. The van der Waals surface area contributed by atoms with E-state index in [0.717, 1.165) is 42.9 Å². The van der Waals surface area contributed by atoms with E-state index < -0.39 is 0 Å². The average Bonchev–Trinajstić information content (AvgIpc) is 3.18. The van der Waals surface area contributed by atoms with E-state index in [0.29, 0.717) is 57.0 Å². The number of aromatic nitrogens is 6. The smallest absolute Gasteiger partial charge is 0.228 e. The minimum absolute atomic E-state index is 0.560. The standard InChI is InChI=1S/C21H31N9O2/c1-3-31-13-6-16-18-19(30(28-16)12-14-32-4-2)20(25-17-5-7-23-15-24-17)27-21(26-18)29-10-8-22-9-11-29/h5,7,15,22H,3-4,6,8-14H2,1-2H3,(H,23,24,25,26,27). The molecule has 0 radical (unpaired) electrons. The fourth-order valence-corrected chi connectivity index (χ4v) is 3.65. The lowest BCUT2D eigenvalue weighted by Crippen LogP contribution is -2.44. The van der Waals surface area contributed by atoms with Crippen molar-refractivity contribution in [3.8, 4) is 0 Å². The molecular formula is C21H31N9O2. The Morgan fingerprint density at radius 2 is 1.91 bits per heavy atom. The third kappa shape index (κ3) is 5.29. The van der Waals surface area contributed by atoms with E-state index in [1.54, 1.807) is 6.20 Å². The normalized spacial score (nSPS) is 14.2.